The molecule has 0 saturated heterocycles. The van der Waals surface area contributed by atoms with Crippen LogP contribution in [0.2, 0.25) is 5.02 Å². The largest absolute Gasteiger partial charge is 0.437 e. The molecular formula is C14H16ClN3O. The Morgan fingerprint density at radius 2 is 2.05 bits per heavy atom. The molecule has 0 saturated carbocycles. The fourth-order valence-corrected chi connectivity index (χ4v) is 1.88. The number of rotatable bonds is 4. The van der Waals surface area contributed by atoms with Gasteiger partial charge in [-0.05, 0) is 24.0 Å². The lowest BCUT2D eigenvalue weighted by Gasteiger charge is -2.15. The van der Waals surface area contributed by atoms with E-state index in [0.717, 1.165) is 17.7 Å². The topological polar surface area (TPSA) is 61.0 Å². The van der Waals surface area contributed by atoms with Crippen LogP contribution in [0.1, 0.15) is 31.7 Å². The van der Waals surface area contributed by atoms with Crippen molar-refractivity contribution in [2.45, 2.75) is 26.2 Å². The van der Waals surface area contributed by atoms with E-state index in [1.165, 1.54) is 6.33 Å². The zero-order chi connectivity index (χ0) is 13.8. The van der Waals surface area contributed by atoms with Crippen LogP contribution >= 0.6 is 11.6 Å². The van der Waals surface area contributed by atoms with Gasteiger partial charge in [-0.15, -0.1) is 0 Å². The van der Waals surface area contributed by atoms with Gasteiger partial charge >= 0.3 is 0 Å². The van der Waals surface area contributed by atoms with Crippen molar-refractivity contribution in [3.05, 3.63) is 41.2 Å². The fraction of sp³-hybridized carbons (Fsp3) is 0.286. The van der Waals surface area contributed by atoms with Crippen LogP contribution < -0.4 is 10.5 Å². The molecule has 0 radical (unpaired) electrons. The number of anilines is 1. The molecule has 2 aromatic rings. The molecule has 0 spiro atoms. The molecule has 0 fully saturated rings. The summed E-state index contributed by atoms with van der Waals surface area (Å²) >= 11 is 6.03. The third kappa shape index (κ3) is 2.96. The summed E-state index contributed by atoms with van der Waals surface area (Å²) in [6.07, 6.45) is 2.36. The van der Waals surface area contributed by atoms with Crippen molar-refractivity contribution in [1.29, 1.82) is 0 Å². The highest BCUT2D eigenvalue weighted by Crippen LogP contribution is 2.34. The summed E-state index contributed by atoms with van der Waals surface area (Å²) in [5.41, 5.74) is 6.76. The molecule has 2 rings (SSSR count). The summed E-state index contributed by atoms with van der Waals surface area (Å²) in [5.74, 6) is 1.64. The molecule has 0 bridgehead atoms. The highest BCUT2D eigenvalue weighted by Gasteiger charge is 2.14. The summed E-state index contributed by atoms with van der Waals surface area (Å²) in [7, 11) is 0. The van der Waals surface area contributed by atoms with Gasteiger partial charge in [0.25, 0.3) is 0 Å². The first kappa shape index (κ1) is 13.6. The van der Waals surface area contributed by atoms with Crippen LogP contribution in [0.15, 0.2) is 30.6 Å². The van der Waals surface area contributed by atoms with E-state index in [0.29, 0.717) is 5.92 Å². The van der Waals surface area contributed by atoms with Crippen LogP contribution in [-0.2, 0) is 0 Å². The monoisotopic (exact) mass is 277 g/mol. The number of benzene rings is 1. The predicted octanol–water partition coefficient (Wildman–Crippen LogP) is 4.02. The number of nitrogens with two attached hydrogens (primary N) is 1. The van der Waals surface area contributed by atoms with Gasteiger partial charge < -0.3 is 10.5 Å². The van der Waals surface area contributed by atoms with Crippen molar-refractivity contribution in [2.24, 2.45) is 0 Å². The summed E-state index contributed by atoms with van der Waals surface area (Å²) in [4.78, 5) is 7.82. The van der Waals surface area contributed by atoms with Crippen LogP contribution in [0.3, 0.4) is 0 Å². The molecule has 0 aliphatic heterocycles. The van der Waals surface area contributed by atoms with Gasteiger partial charge in [0.05, 0.1) is 0 Å². The van der Waals surface area contributed by atoms with Gasteiger partial charge in [0.15, 0.2) is 0 Å². The number of hydrogen-bond acceptors (Lipinski definition) is 4. The molecule has 19 heavy (non-hydrogen) atoms. The Balaban J connectivity index is 2.36. The standard InChI is InChI=1S/C14H16ClN3O/c1-3-9(2)10-6-4-5-7-11(10)19-14-12(15)13(16)17-8-18-14/h4-9H,3H2,1-2H3,(H2,16,17,18). The molecule has 5 heteroatoms. The van der Waals surface area contributed by atoms with E-state index >= 15 is 0 Å². The zero-order valence-corrected chi connectivity index (χ0v) is 11.7. The van der Waals surface area contributed by atoms with Gasteiger partial charge in [-0.3, -0.25) is 0 Å². The maximum absolute atomic E-state index is 6.03. The first-order valence-electron chi connectivity index (χ1n) is 6.16. The Hall–Kier alpha value is -1.81. The van der Waals surface area contributed by atoms with E-state index < -0.39 is 0 Å². The first-order valence-corrected chi connectivity index (χ1v) is 6.54. The van der Waals surface area contributed by atoms with Crippen molar-refractivity contribution >= 4 is 17.4 Å². The number of aromatic nitrogens is 2. The van der Waals surface area contributed by atoms with Crippen molar-refractivity contribution in [1.82, 2.24) is 9.97 Å². The van der Waals surface area contributed by atoms with Gasteiger partial charge in [-0.1, -0.05) is 43.6 Å². The van der Waals surface area contributed by atoms with Crippen molar-refractivity contribution < 1.29 is 4.74 Å². The highest BCUT2D eigenvalue weighted by atomic mass is 35.5. The van der Waals surface area contributed by atoms with E-state index in [4.69, 9.17) is 22.1 Å². The minimum atomic E-state index is 0.215. The molecule has 4 nitrogen and oxygen atoms in total. The molecule has 0 aliphatic carbocycles. The fourth-order valence-electron chi connectivity index (χ4n) is 1.74. The molecule has 0 aliphatic rings. The second-order valence-corrected chi connectivity index (χ2v) is 4.71. The number of nitrogen functional groups attached to an aromatic ring is 1. The Morgan fingerprint density at radius 3 is 2.79 bits per heavy atom. The Morgan fingerprint density at radius 1 is 1.32 bits per heavy atom. The Bertz CT molecular complexity index is 574. The molecule has 1 unspecified atom stereocenters. The smallest absolute Gasteiger partial charge is 0.243 e. The average molecular weight is 278 g/mol. The molecule has 1 aromatic carbocycles. The van der Waals surface area contributed by atoms with Crippen LogP contribution in [0.5, 0.6) is 11.6 Å². The SMILES string of the molecule is CCC(C)c1ccccc1Oc1ncnc(N)c1Cl. The molecule has 1 aromatic heterocycles. The quantitative estimate of drug-likeness (QED) is 0.917. The van der Waals surface area contributed by atoms with Gasteiger partial charge in [0.1, 0.15) is 22.9 Å². The molecule has 1 heterocycles. The number of halogens is 1. The first-order chi connectivity index (χ1) is 9.13. The van der Waals surface area contributed by atoms with E-state index in [1.807, 2.05) is 24.3 Å². The maximum atomic E-state index is 6.03. The third-order valence-corrected chi connectivity index (χ3v) is 3.41. The molecule has 100 valence electrons. The molecule has 1 atom stereocenters. The summed E-state index contributed by atoms with van der Waals surface area (Å²) < 4.78 is 5.78. The second-order valence-electron chi connectivity index (χ2n) is 4.33. The lowest BCUT2D eigenvalue weighted by Crippen LogP contribution is -1.99. The number of para-hydroxylation sites is 1. The van der Waals surface area contributed by atoms with Crippen molar-refractivity contribution in [3.63, 3.8) is 0 Å². The Labute approximate surface area is 117 Å². The summed E-state index contributed by atoms with van der Waals surface area (Å²) in [6, 6.07) is 7.85. The van der Waals surface area contributed by atoms with Crippen LogP contribution in [0.4, 0.5) is 5.82 Å². The lowest BCUT2D eigenvalue weighted by atomic mass is 9.98. The third-order valence-electron chi connectivity index (χ3n) is 3.05. The number of nitrogens with zero attached hydrogens (tertiary/aromatic N) is 2. The Kier molecular flexibility index (Phi) is 4.22. The molecule has 2 N–H and O–H groups in total. The number of hydrogen-bond donors (Lipinski definition) is 1. The van der Waals surface area contributed by atoms with Crippen molar-refractivity contribution in [2.75, 3.05) is 5.73 Å². The number of ether oxygens (including phenoxy) is 1. The zero-order valence-electron chi connectivity index (χ0n) is 10.9. The van der Waals surface area contributed by atoms with E-state index in [1.54, 1.807) is 0 Å². The van der Waals surface area contributed by atoms with E-state index in [2.05, 4.69) is 23.8 Å². The van der Waals surface area contributed by atoms with E-state index in [-0.39, 0.29) is 16.7 Å². The van der Waals surface area contributed by atoms with Gasteiger partial charge in [-0.25, -0.2) is 4.98 Å². The van der Waals surface area contributed by atoms with E-state index in [9.17, 15) is 0 Å². The average Bonchev–Trinajstić information content (AvgIpc) is 2.43. The van der Waals surface area contributed by atoms with Gasteiger partial charge in [-0.2, -0.15) is 4.98 Å². The molecular weight excluding hydrogens is 262 g/mol. The highest BCUT2D eigenvalue weighted by molar-refractivity contribution is 6.34. The summed E-state index contributed by atoms with van der Waals surface area (Å²) in [6.45, 7) is 4.29. The minimum Gasteiger partial charge on any atom is -0.437 e. The van der Waals surface area contributed by atoms with Crippen LogP contribution in [-0.4, -0.2) is 9.97 Å². The summed E-state index contributed by atoms with van der Waals surface area (Å²) in [5, 5.41) is 0.237. The van der Waals surface area contributed by atoms with Crippen LogP contribution in [0, 0.1) is 0 Å². The predicted molar refractivity (Wildman–Crippen MR) is 76.7 cm³/mol. The second kappa shape index (κ2) is 5.89. The van der Waals surface area contributed by atoms with Crippen LogP contribution in [0.25, 0.3) is 0 Å². The normalized spacial score (nSPS) is 12.2. The van der Waals surface area contributed by atoms with Gasteiger partial charge in [0, 0.05) is 0 Å². The van der Waals surface area contributed by atoms with Crippen molar-refractivity contribution in [3.8, 4) is 11.6 Å². The van der Waals surface area contributed by atoms with Gasteiger partial charge in [0.2, 0.25) is 5.88 Å². The lowest BCUT2D eigenvalue weighted by molar-refractivity contribution is 0.451. The maximum Gasteiger partial charge on any atom is 0.243 e. The molecule has 0 amide bonds. The minimum absolute atomic E-state index is 0.215.